The van der Waals surface area contributed by atoms with Gasteiger partial charge in [-0.25, -0.2) is 0 Å². The molecule has 0 bridgehead atoms. The molecule has 1 atom stereocenters. The third-order valence-electron chi connectivity index (χ3n) is 4.49. The lowest BCUT2D eigenvalue weighted by Crippen LogP contribution is -2.35. The molecule has 3 aromatic carbocycles. The van der Waals surface area contributed by atoms with Crippen LogP contribution in [0.2, 0.25) is 0 Å². The van der Waals surface area contributed by atoms with Crippen molar-refractivity contribution in [2.24, 2.45) is 0 Å². The van der Waals surface area contributed by atoms with Gasteiger partial charge in [0.1, 0.15) is 11.7 Å². The van der Waals surface area contributed by atoms with E-state index in [-0.39, 0.29) is 0 Å². The van der Waals surface area contributed by atoms with Crippen molar-refractivity contribution in [2.75, 3.05) is 0 Å². The smallest absolute Gasteiger partial charge is 0.145 e. The van der Waals surface area contributed by atoms with Gasteiger partial charge in [-0.3, -0.25) is 0 Å². The lowest BCUT2D eigenvalue weighted by molar-refractivity contribution is -0.0517. The predicted octanol–water partition coefficient (Wildman–Crippen LogP) is 4.27. The van der Waals surface area contributed by atoms with E-state index in [2.05, 4.69) is 0 Å². The van der Waals surface area contributed by atoms with Crippen LogP contribution >= 0.6 is 0 Å². The summed E-state index contributed by atoms with van der Waals surface area (Å²) in [5, 5.41) is 22.6. The first kappa shape index (κ1) is 16.4. The summed E-state index contributed by atoms with van der Waals surface area (Å²) in [5.74, 6) is 0. The van der Waals surface area contributed by atoms with Crippen LogP contribution < -0.4 is 0 Å². The Morgan fingerprint density at radius 3 is 1.50 bits per heavy atom. The van der Waals surface area contributed by atoms with Gasteiger partial charge in [-0.1, -0.05) is 90.0 Å². The molecule has 24 heavy (non-hydrogen) atoms. The second kappa shape index (κ2) is 6.60. The zero-order valence-corrected chi connectivity index (χ0v) is 14.0. The average molecular weight is 318 g/mol. The minimum absolute atomic E-state index is 0.674. The highest BCUT2D eigenvalue weighted by molar-refractivity contribution is 5.42. The first-order valence-corrected chi connectivity index (χ1v) is 8.11. The van der Waals surface area contributed by atoms with Crippen LogP contribution in [0.5, 0.6) is 0 Å². The van der Waals surface area contributed by atoms with Gasteiger partial charge < -0.3 is 10.2 Å². The van der Waals surface area contributed by atoms with Gasteiger partial charge in [-0.15, -0.1) is 0 Å². The Hall–Kier alpha value is -2.42. The minimum Gasteiger partial charge on any atom is -0.385 e. The molecule has 0 heterocycles. The van der Waals surface area contributed by atoms with Crippen molar-refractivity contribution in [3.63, 3.8) is 0 Å². The van der Waals surface area contributed by atoms with E-state index < -0.39 is 11.7 Å². The summed E-state index contributed by atoms with van der Waals surface area (Å²) in [5.41, 5.74) is 2.74. The molecule has 0 saturated carbocycles. The van der Waals surface area contributed by atoms with Crippen LogP contribution in [-0.4, -0.2) is 10.2 Å². The molecular formula is C22H22O2. The second-order valence-electron chi connectivity index (χ2n) is 6.31. The average Bonchev–Trinajstić information content (AvgIpc) is 2.62. The fourth-order valence-electron chi connectivity index (χ4n) is 2.97. The highest BCUT2D eigenvalue weighted by Crippen LogP contribution is 2.41. The van der Waals surface area contributed by atoms with E-state index >= 15 is 0 Å². The molecule has 122 valence electrons. The number of aliphatic hydroxyl groups excluding tert-OH is 1. The third-order valence-corrected chi connectivity index (χ3v) is 4.49. The van der Waals surface area contributed by atoms with E-state index in [1.165, 1.54) is 0 Å². The zero-order valence-electron chi connectivity index (χ0n) is 14.0. The second-order valence-corrected chi connectivity index (χ2v) is 6.31. The Balaban J connectivity index is 2.16. The molecule has 0 aromatic heterocycles. The molecule has 0 aliphatic carbocycles. The molecule has 0 aliphatic heterocycles. The van der Waals surface area contributed by atoms with Gasteiger partial charge in [0.05, 0.1) is 0 Å². The molecule has 3 aromatic rings. The van der Waals surface area contributed by atoms with E-state index in [1.807, 2.05) is 92.7 Å². The van der Waals surface area contributed by atoms with Crippen molar-refractivity contribution in [2.45, 2.75) is 25.6 Å². The highest BCUT2D eigenvalue weighted by Gasteiger charge is 2.40. The Bertz CT molecular complexity index is 744. The number of hydrogen-bond acceptors (Lipinski definition) is 2. The van der Waals surface area contributed by atoms with E-state index in [4.69, 9.17) is 0 Å². The molecule has 0 radical (unpaired) electrons. The number of aryl methyl sites for hydroxylation is 2. The van der Waals surface area contributed by atoms with Crippen LogP contribution in [0.3, 0.4) is 0 Å². The van der Waals surface area contributed by atoms with E-state index in [0.29, 0.717) is 16.7 Å². The van der Waals surface area contributed by atoms with E-state index in [0.717, 1.165) is 11.1 Å². The molecule has 0 fully saturated rings. The van der Waals surface area contributed by atoms with Gasteiger partial charge in [0, 0.05) is 0 Å². The maximum Gasteiger partial charge on any atom is 0.145 e. The van der Waals surface area contributed by atoms with Crippen molar-refractivity contribution < 1.29 is 10.2 Å². The SMILES string of the molecule is Cc1ccc(C(O)(c2ccc(C)cc2)[C@H](O)c2ccccc2)cc1. The zero-order chi connectivity index (χ0) is 17.2. The Morgan fingerprint density at radius 1 is 0.667 bits per heavy atom. The summed E-state index contributed by atoms with van der Waals surface area (Å²) < 4.78 is 0. The van der Waals surface area contributed by atoms with Crippen LogP contribution in [0.1, 0.15) is 33.9 Å². The van der Waals surface area contributed by atoms with E-state index in [1.54, 1.807) is 0 Å². The number of rotatable bonds is 4. The van der Waals surface area contributed by atoms with Gasteiger partial charge in [0.15, 0.2) is 0 Å². The first-order chi connectivity index (χ1) is 11.5. The van der Waals surface area contributed by atoms with Crippen LogP contribution in [0.25, 0.3) is 0 Å². The van der Waals surface area contributed by atoms with Gasteiger partial charge in [-0.05, 0) is 30.5 Å². The van der Waals surface area contributed by atoms with Crippen LogP contribution in [0, 0.1) is 13.8 Å². The third kappa shape index (κ3) is 2.99. The molecular weight excluding hydrogens is 296 g/mol. The van der Waals surface area contributed by atoms with Crippen molar-refractivity contribution in [3.05, 3.63) is 107 Å². The molecule has 2 N–H and O–H groups in total. The van der Waals surface area contributed by atoms with Crippen molar-refractivity contribution >= 4 is 0 Å². The van der Waals surface area contributed by atoms with Crippen LogP contribution in [0.15, 0.2) is 78.9 Å². The summed E-state index contributed by atoms with van der Waals surface area (Å²) in [6.07, 6.45) is -1.07. The maximum absolute atomic E-state index is 11.6. The van der Waals surface area contributed by atoms with Gasteiger partial charge >= 0.3 is 0 Å². The predicted molar refractivity (Wildman–Crippen MR) is 96.8 cm³/mol. The fourth-order valence-corrected chi connectivity index (χ4v) is 2.97. The molecule has 0 spiro atoms. The number of aliphatic hydroxyl groups is 2. The quantitative estimate of drug-likeness (QED) is 0.754. The summed E-state index contributed by atoms with van der Waals surface area (Å²) >= 11 is 0. The highest BCUT2D eigenvalue weighted by atomic mass is 16.3. The Labute approximate surface area is 143 Å². The lowest BCUT2D eigenvalue weighted by Gasteiger charge is -2.34. The molecule has 0 aliphatic rings. The first-order valence-electron chi connectivity index (χ1n) is 8.11. The molecule has 0 saturated heterocycles. The van der Waals surface area contributed by atoms with Crippen molar-refractivity contribution in [1.82, 2.24) is 0 Å². The van der Waals surface area contributed by atoms with Gasteiger partial charge in [-0.2, -0.15) is 0 Å². The van der Waals surface area contributed by atoms with Crippen LogP contribution in [0.4, 0.5) is 0 Å². The summed E-state index contributed by atoms with van der Waals surface area (Å²) in [6.45, 7) is 4.00. The maximum atomic E-state index is 11.6. The van der Waals surface area contributed by atoms with E-state index in [9.17, 15) is 10.2 Å². The summed E-state index contributed by atoms with van der Waals surface area (Å²) in [6, 6.07) is 24.6. The van der Waals surface area contributed by atoms with Crippen molar-refractivity contribution in [1.29, 1.82) is 0 Å². The molecule has 0 amide bonds. The standard InChI is InChI=1S/C22H22O2/c1-16-8-12-19(13-9-16)22(24,20-14-10-17(2)11-15-20)21(23)18-6-4-3-5-7-18/h3-15,21,23-24H,1-2H3/t21-/m1/s1. The monoisotopic (exact) mass is 318 g/mol. The summed E-state index contributed by atoms with van der Waals surface area (Å²) in [4.78, 5) is 0. The number of hydrogen-bond donors (Lipinski definition) is 2. The fraction of sp³-hybridized carbons (Fsp3) is 0.182. The van der Waals surface area contributed by atoms with Crippen molar-refractivity contribution in [3.8, 4) is 0 Å². The topological polar surface area (TPSA) is 40.5 Å². The minimum atomic E-state index is -1.51. The molecule has 2 heteroatoms. The lowest BCUT2D eigenvalue weighted by atomic mass is 9.78. The molecule has 0 unspecified atom stereocenters. The van der Waals surface area contributed by atoms with Gasteiger partial charge in [0.25, 0.3) is 0 Å². The van der Waals surface area contributed by atoms with Crippen LogP contribution in [-0.2, 0) is 5.60 Å². The van der Waals surface area contributed by atoms with Gasteiger partial charge in [0.2, 0.25) is 0 Å². The number of benzene rings is 3. The summed E-state index contributed by atoms with van der Waals surface area (Å²) in [7, 11) is 0. The largest absolute Gasteiger partial charge is 0.385 e. The Kier molecular flexibility index (Phi) is 4.52. The Morgan fingerprint density at radius 2 is 1.08 bits per heavy atom. The molecule has 2 nitrogen and oxygen atoms in total. The normalized spacial score (nSPS) is 12.8. The molecule has 3 rings (SSSR count).